The molecule has 1 unspecified atom stereocenters. The first-order valence-electron chi connectivity index (χ1n) is 10.7. The summed E-state index contributed by atoms with van der Waals surface area (Å²) in [5.41, 5.74) is 3.06. The molecule has 4 aromatic rings. The largest absolute Gasteiger partial charge is 0.493 e. The maximum atomic E-state index is 12.8. The van der Waals surface area contributed by atoms with Crippen LogP contribution in [0.5, 0.6) is 11.6 Å². The Morgan fingerprint density at radius 3 is 2.52 bits per heavy atom. The van der Waals surface area contributed by atoms with E-state index in [4.69, 9.17) is 4.74 Å². The number of para-hydroxylation sites is 1. The second-order valence-corrected chi connectivity index (χ2v) is 8.29. The maximum absolute atomic E-state index is 12.8. The highest BCUT2D eigenvalue weighted by Gasteiger charge is 2.24. The number of aromatic hydroxyl groups is 1. The lowest BCUT2D eigenvalue weighted by Crippen LogP contribution is -2.32. The Hall–Kier alpha value is -4.07. The summed E-state index contributed by atoms with van der Waals surface area (Å²) in [6.45, 7) is 6.11. The molecule has 0 aliphatic carbocycles. The summed E-state index contributed by atoms with van der Waals surface area (Å²) < 4.78 is 5.96. The van der Waals surface area contributed by atoms with Crippen molar-refractivity contribution in [2.24, 2.45) is 5.92 Å². The van der Waals surface area contributed by atoms with Crippen LogP contribution in [0.2, 0.25) is 0 Å². The number of nitrogens with one attached hydrogen (secondary N) is 3. The number of benzene rings is 2. The summed E-state index contributed by atoms with van der Waals surface area (Å²) in [5.74, 6) is -0.0234. The molecule has 0 saturated heterocycles. The normalized spacial score (nSPS) is 12.1. The first kappa shape index (κ1) is 22.1. The molecule has 2 heterocycles. The zero-order chi connectivity index (χ0) is 23.5. The zero-order valence-corrected chi connectivity index (χ0v) is 18.7. The van der Waals surface area contributed by atoms with Crippen LogP contribution in [-0.4, -0.2) is 26.0 Å². The first-order chi connectivity index (χ1) is 15.8. The van der Waals surface area contributed by atoms with E-state index in [0.717, 1.165) is 22.2 Å². The molecule has 0 saturated carbocycles. The summed E-state index contributed by atoms with van der Waals surface area (Å²) >= 11 is 0. The van der Waals surface area contributed by atoms with Crippen molar-refractivity contribution in [3.63, 3.8) is 0 Å². The van der Waals surface area contributed by atoms with E-state index in [1.165, 1.54) is 0 Å². The van der Waals surface area contributed by atoms with E-state index < -0.39 is 11.7 Å². The number of aryl methyl sites for hydroxylation is 1. The number of rotatable bonds is 7. The molecule has 0 aliphatic rings. The number of carbonyl (C=O) groups excluding carboxylic acids is 1. The van der Waals surface area contributed by atoms with Crippen LogP contribution in [-0.2, 0) is 6.61 Å². The molecule has 0 radical (unpaired) electrons. The molecule has 170 valence electrons. The molecule has 4 N–H and O–H groups in total. The van der Waals surface area contributed by atoms with Crippen LogP contribution >= 0.6 is 0 Å². The predicted octanol–water partition coefficient (Wildman–Crippen LogP) is 3.97. The highest BCUT2D eigenvalue weighted by atomic mass is 16.5. The van der Waals surface area contributed by atoms with Gasteiger partial charge in [-0.1, -0.05) is 32.0 Å². The number of hydrogen-bond acceptors (Lipinski definition) is 5. The molecule has 0 fully saturated rings. The van der Waals surface area contributed by atoms with Crippen molar-refractivity contribution in [2.45, 2.75) is 33.4 Å². The van der Waals surface area contributed by atoms with E-state index in [0.29, 0.717) is 17.9 Å². The number of imidazole rings is 1. The molecule has 33 heavy (non-hydrogen) atoms. The molecule has 8 nitrogen and oxygen atoms in total. The van der Waals surface area contributed by atoms with Gasteiger partial charge in [0.1, 0.15) is 18.1 Å². The lowest BCUT2D eigenvalue weighted by molar-refractivity contribution is 0.0924. The Morgan fingerprint density at radius 1 is 1.12 bits per heavy atom. The number of nitrogens with zero attached hydrogens (tertiary/aromatic N) is 1. The number of aromatic nitrogens is 3. The van der Waals surface area contributed by atoms with Crippen LogP contribution < -0.4 is 15.7 Å². The van der Waals surface area contributed by atoms with Crippen LogP contribution in [0, 0.1) is 12.8 Å². The van der Waals surface area contributed by atoms with E-state index in [-0.39, 0.29) is 23.4 Å². The summed E-state index contributed by atoms with van der Waals surface area (Å²) in [4.78, 5) is 33.6. The van der Waals surface area contributed by atoms with Crippen LogP contribution in [0.3, 0.4) is 0 Å². The molecule has 0 spiro atoms. The second-order valence-electron chi connectivity index (χ2n) is 8.29. The third-order valence-electron chi connectivity index (χ3n) is 5.44. The van der Waals surface area contributed by atoms with Crippen molar-refractivity contribution in [3.05, 3.63) is 87.6 Å². The van der Waals surface area contributed by atoms with Crippen LogP contribution in [0.4, 0.5) is 0 Å². The van der Waals surface area contributed by atoms with Crippen LogP contribution in [0.25, 0.3) is 10.9 Å². The molecule has 8 heteroatoms. The minimum Gasteiger partial charge on any atom is -0.493 e. The minimum absolute atomic E-state index is 0.0625. The molecule has 4 rings (SSSR count). The van der Waals surface area contributed by atoms with Gasteiger partial charge in [-0.3, -0.25) is 14.8 Å². The second kappa shape index (κ2) is 9.20. The third kappa shape index (κ3) is 4.90. The Kier molecular flexibility index (Phi) is 6.17. The minimum atomic E-state index is -0.560. The zero-order valence-electron chi connectivity index (χ0n) is 18.7. The fourth-order valence-corrected chi connectivity index (χ4v) is 3.79. The molecular formula is C25H26N4O4. The smallest absolute Gasteiger partial charge is 0.326 e. The molecular weight excluding hydrogens is 420 g/mol. The molecule has 2 aromatic carbocycles. The first-order valence-corrected chi connectivity index (χ1v) is 10.7. The van der Waals surface area contributed by atoms with Gasteiger partial charge in [0.2, 0.25) is 5.88 Å². The van der Waals surface area contributed by atoms with Gasteiger partial charge in [0.05, 0.1) is 11.6 Å². The average Bonchev–Trinajstić information content (AvgIpc) is 3.13. The third-order valence-corrected chi connectivity index (χ3v) is 5.44. The Labute approximate surface area is 190 Å². The lowest BCUT2D eigenvalue weighted by Gasteiger charge is -2.21. The van der Waals surface area contributed by atoms with Gasteiger partial charge in [-0.25, -0.2) is 4.79 Å². The predicted molar refractivity (Wildman–Crippen MR) is 125 cm³/mol. The fourth-order valence-electron chi connectivity index (χ4n) is 3.79. The Bertz CT molecular complexity index is 1340. The van der Waals surface area contributed by atoms with Gasteiger partial charge in [-0.05, 0) is 49.2 Å². The van der Waals surface area contributed by atoms with Crippen LogP contribution in [0.1, 0.15) is 47.2 Å². The van der Waals surface area contributed by atoms with Crippen LogP contribution in [0.15, 0.2) is 59.4 Å². The summed E-state index contributed by atoms with van der Waals surface area (Å²) in [6.07, 6.45) is 0. The van der Waals surface area contributed by atoms with Gasteiger partial charge in [0.15, 0.2) is 0 Å². The number of fused-ring (bicyclic) bond motifs is 1. The number of amides is 1. The number of hydrogen-bond donors (Lipinski definition) is 4. The Morgan fingerprint density at radius 2 is 1.85 bits per heavy atom. The molecule has 2 aromatic heterocycles. The van der Waals surface area contributed by atoms with Gasteiger partial charge in [-0.15, -0.1) is 0 Å². The summed E-state index contributed by atoms with van der Waals surface area (Å²) in [7, 11) is 0. The van der Waals surface area contributed by atoms with E-state index in [1.54, 1.807) is 24.3 Å². The maximum Gasteiger partial charge on any atom is 0.326 e. The quantitative estimate of drug-likeness (QED) is 0.342. The van der Waals surface area contributed by atoms with E-state index in [2.05, 4.69) is 20.3 Å². The monoisotopic (exact) mass is 446 g/mol. The standard InChI is InChI=1S/C25H26N4O4/c1-14(2)21(22-24(31)29-25(32)28-22)27-23(30)16-8-10-18(11-9-16)33-13-17-12-15(3)26-20-7-5-4-6-19(17)20/h4-12,14,21,31H,13H2,1-3H3,(H,27,30)(H2,28,29,32). The van der Waals surface area contributed by atoms with Crippen molar-refractivity contribution in [3.8, 4) is 11.6 Å². The molecule has 0 aliphatic heterocycles. The van der Waals surface area contributed by atoms with Crippen molar-refractivity contribution in [2.75, 3.05) is 0 Å². The van der Waals surface area contributed by atoms with E-state index in [9.17, 15) is 14.7 Å². The number of H-pyrrole nitrogens is 2. The highest BCUT2D eigenvalue weighted by molar-refractivity contribution is 5.94. The highest BCUT2D eigenvalue weighted by Crippen LogP contribution is 2.26. The van der Waals surface area contributed by atoms with E-state index >= 15 is 0 Å². The van der Waals surface area contributed by atoms with Gasteiger partial charge in [0.25, 0.3) is 5.91 Å². The van der Waals surface area contributed by atoms with Crippen molar-refractivity contribution in [1.82, 2.24) is 20.3 Å². The van der Waals surface area contributed by atoms with Gasteiger partial charge in [0, 0.05) is 22.2 Å². The topological polar surface area (TPSA) is 120 Å². The van der Waals surface area contributed by atoms with Gasteiger partial charge >= 0.3 is 5.69 Å². The van der Waals surface area contributed by atoms with Gasteiger partial charge < -0.3 is 20.1 Å². The number of pyridine rings is 1. The number of ether oxygens (including phenoxy) is 1. The Balaban J connectivity index is 1.45. The fraction of sp³-hybridized carbons (Fsp3) is 0.240. The van der Waals surface area contributed by atoms with E-state index in [1.807, 2.05) is 51.1 Å². The number of carbonyl (C=O) groups is 1. The van der Waals surface area contributed by atoms with Gasteiger partial charge in [-0.2, -0.15) is 0 Å². The lowest BCUT2D eigenvalue weighted by atomic mass is 10.0. The molecule has 1 amide bonds. The molecule has 1 atom stereocenters. The average molecular weight is 447 g/mol. The van der Waals surface area contributed by atoms with Crippen molar-refractivity contribution >= 4 is 16.8 Å². The molecule has 0 bridgehead atoms. The van der Waals surface area contributed by atoms with Crippen molar-refractivity contribution < 1.29 is 14.6 Å². The SMILES string of the molecule is Cc1cc(COc2ccc(C(=O)NC(c3[nH]c(=O)[nH]c3O)C(C)C)cc2)c2ccccc2n1. The number of aromatic amines is 2. The van der Waals surface area contributed by atoms with Crippen molar-refractivity contribution in [1.29, 1.82) is 0 Å². The summed E-state index contributed by atoms with van der Waals surface area (Å²) in [5, 5.41) is 13.9. The summed E-state index contributed by atoms with van der Waals surface area (Å²) in [6, 6.07) is 16.2.